The summed E-state index contributed by atoms with van der Waals surface area (Å²) < 4.78 is 0. The normalized spacial score (nSPS) is 14.3. The van der Waals surface area contributed by atoms with Crippen molar-refractivity contribution >= 4 is 11.9 Å². The van der Waals surface area contributed by atoms with Crippen molar-refractivity contribution < 1.29 is 29.9 Å². The molecule has 2 atom stereocenters. The van der Waals surface area contributed by atoms with Gasteiger partial charge in [-0.1, -0.05) is 6.92 Å². The molecule has 0 aliphatic carbocycles. The van der Waals surface area contributed by atoms with E-state index in [1.54, 1.807) is 6.92 Å². The number of carbonyl (C=O) groups is 2. The fraction of sp³-hybridized carbons (Fsp3) is 0.778. The lowest BCUT2D eigenvalue weighted by Crippen LogP contribution is -2.15. The van der Waals surface area contributed by atoms with Gasteiger partial charge in [0.1, 0.15) is 0 Å². The number of carbonyl (C=O) groups excluding carboxylic acids is 1. The number of rotatable bonds is 7. The summed E-state index contributed by atoms with van der Waals surface area (Å²) in [5.74, 6) is -1.84. The van der Waals surface area contributed by atoms with E-state index < -0.39 is 18.0 Å². The topological polar surface area (TPSA) is 104 Å². The molecular formula is C9H16O6. The number of aliphatic hydroxyl groups excluding tert-OH is 1. The van der Waals surface area contributed by atoms with Crippen molar-refractivity contribution in [3.8, 4) is 0 Å². The number of hydrogen-bond donors (Lipinski definition) is 3. The lowest BCUT2D eigenvalue weighted by molar-refractivity contribution is -0.235. The van der Waals surface area contributed by atoms with E-state index in [1.165, 1.54) is 0 Å². The molecule has 0 rings (SSSR count). The first-order chi connectivity index (χ1) is 6.95. The van der Waals surface area contributed by atoms with Gasteiger partial charge in [-0.25, -0.2) is 4.79 Å². The molecule has 0 bridgehead atoms. The van der Waals surface area contributed by atoms with E-state index in [0.717, 1.165) is 0 Å². The van der Waals surface area contributed by atoms with Crippen LogP contribution in [0.1, 0.15) is 32.6 Å². The van der Waals surface area contributed by atoms with Crippen LogP contribution in [0, 0.1) is 5.92 Å². The Morgan fingerprint density at radius 3 is 2.33 bits per heavy atom. The molecule has 0 aromatic carbocycles. The van der Waals surface area contributed by atoms with Gasteiger partial charge in [-0.2, -0.15) is 5.26 Å². The first kappa shape index (κ1) is 13.9. The monoisotopic (exact) mass is 220 g/mol. The van der Waals surface area contributed by atoms with Crippen LogP contribution in [0.15, 0.2) is 0 Å². The van der Waals surface area contributed by atoms with E-state index in [1.807, 2.05) is 0 Å². The summed E-state index contributed by atoms with van der Waals surface area (Å²) in [6.45, 7) is 1.75. The van der Waals surface area contributed by atoms with Crippen molar-refractivity contribution in [3.05, 3.63) is 0 Å². The molecule has 0 heterocycles. The highest BCUT2D eigenvalue weighted by atomic mass is 17.1. The molecule has 0 saturated carbocycles. The van der Waals surface area contributed by atoms with Gasteiger partial charge in [0.25, 0.3) is 0 Å². The summed E-state index contributed by atoms with van der Waals surface area (Å²) in [6, 6.07) is 0. The minimum Gasteiger partial charge on any atom is -0.481 e. The van der Waals surface area contributed by atoms with Crippen LogP contribution in [0.4, 0.5) is 0 Å². The van der Waals surface area contributed by atoms with Gasteiger partial charge in [0.2, 0.25) is 0 Å². The number of carboxylic acids is 1. The fourth-order valence-corrected chi connectivity index (χ4v) is 1.20. The maximum atomic E-state index is 10.6. The summed E-state index contributed by atoms with van der Waals surface area (Å²) in [7, 11) is 0. The lowest BCUT2D eigenvalue weighted by atomic mass is 9.99. The highest BCUT2D eigenvalue weighted by Gasteiger charge is 2.14. The molecular weight excluding hydrogens is 204 g/mol. The molecule has 0 saturated heterocycles. The Hall–Kier alpha value is -1.14. The van der Waals surface area contributed by atoms with Crippen LogP contribution in [0.5, 0.6) is 0 Å². The molecule has 0 radical (unpaired) electrons. The minimum atomic E-state index is -1.05. The fourth-order valence-electron chi connectivity index (χ4n) is 1.20. The van der Waals surface area contributed by atoms with Gasteiger partial charge in [-0.05, 0) is 18.8 Å². The van der Waals surface area contributed by atoms with E-state index in [4.69, 9.17) is 10.4 Å². The van der Waals surface area contributed by atoms with Crippen molar-refractivity contribution in [1.82, 2.24) is 0 Å². The molecule has 0 aliphatic rings. The Kier molecular flexibility index (Phi) is 6.64. The first-order valence-electron chi connectivity index (χ1n) is 4.69. The molecule has 2 unspecified atom stereocenters. The van der Waals surface area contributed by atoms with Crippen LogP contribution in [0.3, 0.4) is 0 Å². The Morgan fingerprint density at radius 2 is 1.87 bits per heavy atom. The lowest BCUT2D eigenvalue weighted by Gasteiger charge is -2.11. The smallest absolute Gasteiger partial charge is 0.342 e. The number of aliphatic hydroxyl groups is 1. The molecule has 6 nitrogen and oxygen atoms in total. The maximum Gasteiger partial charge on any atom is 0.342 e. The Balaban J connectivity index is 3.65. The summed E-state index contributed by atoms with van der Waals surface area (Å²) >= 11 is 0. The van der Waals surface area contributed by atoms with Crippen molar-refractivity contribution in [2.75, 3.05) is 0 Å². The van der Waals surface area contributed by atoms with E-state index >= 15 is 0 Å². The highest BCUT2D eigenvalue weighted by molar-refractivity contribution is 5.68. The molecule has 15 heavy (non-hydrogen) atoms. The van der Waals surface area contributed by atoms with E-state index in [9.17, 15) is 14.7 Å². The highest BCUT2D eigenvalue weighted by Crippen LogP contribution is 2.13. The summed E-state index contributed by atoms with van der Waals surface area (Å²) in [5.41, 5.74) is 0. The zero-order chi connectivity index (χ0) is 11.8. The van der Waals surface area contributed by atoms with Crippen LogP contribution in [-0.2, 0) is 14.5 Å². The number of aliphatic carboxylic acids is 1. The zero-order valence-electron chi connectivity index (χ0n) is 8.55. The molecule has 0 spiro atoms. The second-order valence-electron chi connectivity index (χ2n) is 3.60. The second-order valence-corrected chi connectivity index (χ2v) is 3.60. The van der Waals surface area contributed by atoms with Crippen molar-refractivity contribution in [2.24, 2.45) is 5.92 Å². The van der Waals surface area contributed by atoms with Gasteiger partial charge in [-0.3, -0.25) is 4.79 Å². The average molecular weight is 220 g/mol. The van der Waals surface area contributed by atoms with Gasteiger partial charge in [-0.15, -0.1) is 0 Å². The van der Waals surface area contributed by atoms with Crippen molar-refractivity contribution in [1.29, 1.82) is 0 Å². The standard InChI is InChI=1S/C9H16O6/c1-6(4-9(13)15-14)2-3-7(10)5-8(11)12/h6-7,10,14H,2-5H2,1H3,(H,11,12). The molecule has 0 fully saturated rings. The van der Waals surface area contributed by atoms with Gasteiger partial charge in [0, 0.05) is 0 Å². The quantitative estimate of drug-likeness (QED) is 0.429. The van der Waals surface area contributed by atoms with Crippen molar-refractivity contribution in [3.63, 3.8) is 0 Å². The summed E-state index contributed by atoms with van der Waals surface area (Å²) in [5, 5.41) is 25.6. The minimum absolute atomic E-state index is 0.0519. The maximum absolute atomic E-state index is 10.6. The summed E-state index contributed by atoms with van der Waals surface area (Å²) in [4.78, 5) is 24.3. The van der Waals surface area contributed by atoms with Crippen LogP contribution in [0.25, 0.3) is 0 Å². The first-order valence-corrected chi connectivity index (χ1v) is 4.69. The van der Waals surface area contributed by atoms with Crippen LogP contribution >= 0.6 is 0 Å². The molecule has 0 amide bonds. The number of hydrogen-bond acceptors (Lipinski definition) is 5. The van der Waals surface area contributed by atoms with Crippen LogP contribution < -0.4 is 0 Å². The van der Waals surface area contributed by atoms with Crippen LogP contribution in [0.2, 0.25) is 0 Å². The van der Waals surface area contributed by atoms with Crippen LogP contribution in [-0.4, -0.2) is 33.5 Å². The molecule has 0 aromatic heterocycles. The molecule has 3 N–H and O–H groups in total. The summed E-state index contributed by atoms with van der Waals surface area (Å²) in [6.07, 6.45) is -0.321. The van der Waals surface area contributed by atoms with Gasteiger partial charge < -0.3 is 15.1 Å². The zero-order valence-corrected chi connectivity index (χ0v) is 8.55. The van der Waals surface area contributed by atoms with E-state index in [0.29, 0.717) is 12.8 Å². The van der Waals surface area contributed by atoms with Gasteiger partial charge >= 0.3 is 11.9 Å². The molecule has 88 valence electrons. The van der Waals surface area contributed by atoms with Crippen molar-refractivity contribution in [2.45, 2.75) is 38.7 Å². The predicted octanol–water partition coefficient (Wildman–Crippen LogP) is 0.645. The van der Waals surface area contributed by atoms with E-state index in [-0.39, 0.29) is 18.8 Å². The van der Waals surface area contributed by atoms with E-state index in [2.05, 4.69) is 4.89 Å². The Bertz CT molecular complexity index is 215. The SMILES string of the molecule is CC(CCC(O)CC(=O)O)CC(=O)OO. The average Bonchev–Trinajstić information content (AvgIpc) is 2.13. The molecule has 6 heteroatoms. The third kappa shape index (κ3) is 7.90. The van der Waals surface area contributed by atoms with Gasteiger partial charge in [0.15, 0.2) is 0 Å². The molecule has 0 aliphatic heterocycles. The Labute approximate surface area is 87.4 Å². The number of carboxylic acid groups (broad SMARTS) is 1. The largest absolute Gasteiger partial charge is 0.481 e. The Morgan fingerprint density at radius 1 is 1.27 bits per heavy atom. The third-order valence-electron chi connectivity index (χ3n) is 2.02. The second kappa shape index (κ2) is 7.19. The predicted molar refractivity (Wildman–Crippen MR) is 50.0 cm³/mol. The van der Waals surface area contributed by atoms with Gasteiger partial charge in [0.05, 0.1) is 18.9 Å². The third-order valence-corrected chi connectivity index (χ3v) is 2.02. The molecule has 0 aromatic rings.